The number of carbonyl (C=O) groups is 2. The maximum atomic E-state index is 15.0. The molecule has 6 nitrogen and oxygen atoms in total. The number of carbonyl (C=O) groups excluding carboxylic acids is 2. The second-order valence-corrected chi connectivity index (χ2v) is 12.5. The lowest BCUT2D eigenvalue weighted by atomic mass is 10.0. The molecule has 0 amide bonds. The van der Waals surface area contributed by atoms with E-state index in [2.05, 4.69) is 13.8 Å². The number of hydrogen-bond acceptors (Lipinski definition) is 6. The minimum Gasteiger partial charge on any atom is -0.493 e. The third-order valence-electron chi connectivity index (χ3n) is 8.41. The summed E-state index contributed by atoms with van der Waals surface area (Å²) in [7, 11) is 0. The van der Waals surface area contributed by atoms with Gasteiger partial charge in [-0.1, -0.05) is 97.1 Å². The van der Waals surface area contributed by atoms with Crippen LogP contribution in [0, 0.1) is 5.82 Å². The van der Waals surface area contributed by atoms with Gasteiger partial charge in [-0.05, 0) is 80.3 Å². The van der Waals surface area contributed by atoms with E-state index in [1.807, 2.05) is 13.8 Å². The second-order valence-electron chi connectivity index (χ2n) is 12.5. The van der Waals surface area contributed by atoms with Crippen LogP contribution >= 0.6 is 0 Å². The van der Waals surface area contributed by atoms with Gasteiger partial charge >= 0.3 is 11.9 Å². The fourth-order valence-electron chi connectivity index (χ4n) is 5.52. The Morgan fingerprint density at radius 1 is 0.688 bits per heavy atom. The molecule has 0 saturated heterocycles. The van der Waals surface area contributed by atoms with E-state index in [1.165, 1.54) is 57.4 Å². The summed E-state index contributed by atoms with van der Waals surface area (Å²) >= 11 is 0. The summed E-state index contributed by atoms with van der Waals surface area (Å²) in [6, 6.07) is 17.7. The lowest BCUT2D eigenvalue weighted by Gasteiger charge is -2.21. The molecular formula is C41H55FO6. The molecule has 48 heavy (non-hydrogen) atoms. The summed E-state index contributed by atoms with van der Waals surface area (Å²) in [5.41, 5.74) is 1.74. The van der Waals surface area contributed by atoms with Crippen molar-refractivity contribution in [2.75, 3.05) is 13.2 Å². The van der Waals surface area contributed by atoms with Crippen LogP contribution in [0.5, 0.6) is 11.5 Å². The Balaban J connectivity index is 1.42. The summed E-state index contributed by atoms with van der Waals surface area (Å²) in [5.74, 6) is -0.592. The smallest absolute Gasteiger partial charge is 0.343 e. The monoisotopic (exact) mass is 662 g/mol. The first-order valence-electron chi connectivity index (χ1n) is 18.0. The highest BCUT2D eigenvalue weighted by molar-refractivity contribution is 5.92. The van der Waals surface area contributed by atoms with Crippen LogP contribution < -0.4 is 9.47 Å². The van der Waals surface area contributed by atoms with Crippen molar-refractivity contribution < 1.29 is 32.9 Å². The van der Waals surface area contributed by atoms with E-state index in [1.54, 1.807) is 60.7 Å². The number of rotatable bonds is 23. The van der Waals surface area contributed by atoms with Crippen LogP contribution in [-0.2, 0) is 9.47 Å². The largest absolute Gasteiger partial charge is 0.493 e. The number of halogens is 1. The van der Waals surface area contributed by atoms with Crippen molar-refractivity contribution in [2.24, 2.45) is 0 Å². The molecule has 0 aliphatic heterocycles. The third kappa shape index (κ3) is 13.8. The van der Waals surface area contributed by atoms with Gasteiger partial charge in [-0.3, -0.25) is 0 Å². The highest BCUT2D eigenvalue weighted by Gasteiger charge is 2.16. The number of benzene rings is 3. The summed E-state index contributed by atoms with van der Waals surface area (Å²) < 4.78 is 37.7. The molecule has 0 aromatic heterocycles. The standard InChI is InChI=1S/C41H55FO6/c1-5-8-9-10-11-12-13-14-15-16-28-45-37-26-27-38(39(42)29-37)32-18-20-34(21-19-32)41(44)48-36-24-22-33(23-25-36)40(43)46-30-35(7-3)47-31(4)17-6-2/h18-27,29,31,35H,5-17,28,30H2,1-4H3/t31?,35-/m0/s1. The average molecular weight is 663 g/mol. The Morgan fingerprint density at radius 3 is 1.88 bits per heavy atom. The molecule has 0 radical (unpaired) electrons. The van der Waals surface area contributed by atoms with E-state index >= 15 is 0 Å². The van der Waals surface area contributed by atoms with Crippen LogP contribution in [0.15, 0.2) is 66.7 Å². The Labute approximate surface area is 287 Å². The summed E-state index contributed by atoms with van der Waals surface area (Å²) in [6.45, 7) is 9.13. The summed E-state index contributed by atoms with van der Waals surface area (Å²) in [4.78, 5) is 25.3. The maximum Gasteiger partial charge on any atom is 0.343 e. The quantitative estimate of drug-likeness (QED) is 0.0572. The van der Waals surface area contributed by atoms with Crippen LogP contribution in [0.3, 0.4) is 0 Å². The van der Waals surface area contributed by atoms with Gasteiger partial charge in [0.15, 0.2) is 0 Å². The van der Waals surface area contributed by atoms with Crippen molar-refractivity contribution in [3.05, 3.63) is 83.7 Å². The average Bonchev–Trinajstić information content (AvgIpc) is 3.09. The molecule has 0 aliphatic rings. The third-order valence-corrected chi connectivity index (χ3v) is 8.41. The van der Waals surface area contributed by atoms with Gasteiger partial charge in [0, 0.05) is 11.6 Å². The molecule has 0 heterocycles. The molecular weight excluding hydrogens is 607 g/mol. The lowest BCUT2D eigenvalue weighted by molar-refractivity contribution is -0.0444. The molecule has 3 rings (SSSR count). The van der Waals surface area contributed by atoms with E-state index < -0.39 is 11.9 Å². The van der Waals surface area contributed by atoms with Crippen LogP contribution in [0.25, 0.3) is 11.1 Å². The fraction of sp³-hybridized carbons (Fsp3) is 0.512. The van der Waals surface area contributed by atoms with Crippen molar-refractivity contribution in [1.82, 2.24) is 0 Å². The van der Waals surface area contributed by atoms with E-state index in [9.17, 15) is 14.0 Å². The van der Waals surface area contributed by atoms with E-state index in [4.69, 9.17) is 18.9 Å². The Bertz CT molecular complexity index is 1350. The van der Waals surface area contributed by atoms with Gasteiger partial charge in [0.2, 0.25) is 0 Å². The highest BCUT2D eigenvalue weighted by Crippen LogP contribution is 2.27. The lowest BCUT2D eigenvalue weighted by Crippen LogP contribution is -2.25. The molecule has 1 unspecified atom stereocenters. The molecule has 2 atom stereocenters. The molecule has 0 bridgehead atoms. The van der Waals surface area contributed by atoms with Gasteiger partial charge < -0.3 is 18.9 Å². The topological polar surface area (TPSA) is 71.1 Å². The first kappa shape index (κ1) is 38.7. The van der Waals surface area contributed by atoms with Crippen LogP contribution in [-0.4, -0.2) is 37.4 Å². The van der Waals surface area contributed by atoms with Crippen LogP contribution in [0.4, 0.5) is 4.39 Å². The van der Waals surface area contributed by atoms with Crippen molar-refractivity contribution in [3.8, 4) is 22.6 Å². The van der Waals surface area contributed by atoms with Crippen LogP contribution in [0.2, 0.25) is 0 Å². The van der Waals surface area contributed by atoms with E-state index in [0.29, 0.717) is 40.4 Å². The number of hydrogen-bond donors (Lipinski definition) is 0. The van der Waals surface area contributed by atoms with Crippen molar-refractivity contribution in [1.29, 1.82) is 0 Å². The zero-order valence-electron chi connectivity index (χ0n) is 29.4. The normalized spacial score (nSPS) is 12.4. The molecule has 0 saturated carbocycles. The molecule has 7 heteroatoms. The minimum absolute atomic E-state index is 0.112. The highest BCUT2D eigenvalue weighted by atomic mass is 19.1. The molecule has 0 spiro atoms. The van der Waals surface area contributed by atoms with Crippen molar-refractivity contribution in [2.45, 2.75) is 123 Å². The zero-order chi connectivity index (χ0) is 34.6. The zero-order valence-corrected chi connectivity index (χ0v) is 29.4. The van der Waals surface area contributed by atoms with Gasteiger partial charge in [0.1, 0.15) is 23.9 Å². The summed E-state index contributed by atoms with van der Waals surface area (Å²) in [5, 5.41) is 0. The molecule has 262 valence electrons. The predicted octanol–water partition coefficient (Wildman–Crippen LogP) is 11.2. The fourth-order valence-corrected chi connectivity index (χ4v) is 5.52. The maximum absolute atomic E-state index is 15.0. The van der Waals surface area contributed by atoms with E-state index in [0.717, 1.165) is 32.1 Å². The van der Waals surface area contributed by atoms with Crippen molar-refractivity contribution >= 4 is 11.9 Å². The molecule has 0 N–H and O–H groups in total. The second kappa shape index (κ2) is 22.0. The molecule has 3 aromatic rings. The van der Waals surface area contributed by atoms with Crippen LogP contribution in [0.1, 0.15) is 132 Å². The van der Waals surface area contributed by atoms with Gasteiger partial charge in [0.05, 0.1) is 29.9 Å². The predicted molar refractivity (Wildman–Crippen MR) is 190 cm³/mol. The van der Waals surface area contributed by atoms with Gasteiger partial charge in [-0.2, -0.15) is 0 Å². The van der Waals surface area contributed by atoms with Crippen molar-refractivity contribution in [3.63, 3.8) is 0 Å². The Hall–Kier alpha value is -3.71. The first-order chi connectivity index (χ1) is 23.3. The SMILES string of the molecule is CCCCCCCCCCCCOc1ccc(-c2ccc(C(=O)Oc3ccc(C(=O)OC[C@H](CC)OC(C)CCC)cc3)cc2)c(F)c1. The number of unbranched alkanes of at least 4 members (excludes halogenated alkanes) is 9. The Morgan fingerprint density at radius 2 is 1.27 bits per heavy atom. The summed E-state index contributed by atoms with van der Waals surface area (Å²) in [6.07, 6.45) is 15.2. The number of esters is 2. The first-order valence-corrected chi connectivity index (χ1v) is 18.0. The van der Waals surface area contributed by atoms with Gasteiger partial charge in [0.25, 0.3) is 0 Å². The Kier molecular flexibility index (Phi) is 17.8. The van der Waals surface area contributed by atoms with Gasteiger partial charge in [-0.25, -0.2) is 14.0 Å². The molecule has 0 fully saturated rings. The van der Waals surface area contributed by atoms with E-state index in [-0.39, 0.29) is 24.6 Å². The van der Waals surface area contributed by atoms with Gasteiger partial charge in [-0.15, -0.1) is 0 Å². The molecule has 3 aromatic carbocycles. The molecule has 0 aliphatic carbocycles. The minimum atomic E-state index is -0.558. The number of ether oxygens (including phenoxy) is 4.